The minimum absolute atomic E-state index is 0.00391. The summed E-state index contributed by atoms with van der Waals surface area (Å²) in [7, 11) is -4.30. The molecule has 0 bridgehead atoms. The predicted octanol–water partition coefficient (Wildman–Crippen LogP) is 4.13. The van der Waals surface area contributed by atoms with Crippen molar-refractivity contribution >= 4 is 50.0 Å². The molecule has 0 spiro atoms. The van der Waals surface area contributed by atoms with Crippen molar-refractivity contribution in [1.82, 2.24) is 4.98 Å². The zero-order valence-electron chi connectivity index (χ0n) is 19.8. The highest BCUT2D eigenvalue weighted by atomic mass is 32.2. The van der Waals surface area contributed by atoms with Crippen LogP contribution < -0.4 is 14.9 Å². The van der Waals surface area contributed by atoms with Crippen LogP contribution in [0.2, 0.25) is 0 Å². The second-order valence-corrected chi connectivity index (χ2v) is 10.2. The number of rotatable bonds is 7. The fourth-order valence-corrected chi connectivity index (χ4v) is 5.26. The molecule has 1 aromatic heterocycles. The van der Waals surface area contributed by atoms with Crippen molar-refractivity contribution in [3.8, 4) is 5.75 Å². The highest BCUT2D eigenvalue weighted by Crippen LogP contribution is 2.26. The molecule has 190 valence electrons. The van der Waals surface area contributed by atoms with Crippen LogP contribution in [-0.2, 0) is 19.6 Å². The number of carbonyl (C=O) groups excluding carboxylic acids is 1. The van der Waals surface area contributed by atoms with Crippen LogP contribution in [0.4, 0.5) is 17.1 Å². The minimum Gasteiger partial charge on any atom is -0.508 e. The molecule has 0 atom stereocenters. The average molecular weight is 519 g/mol. The number of ether oxygens (including phenoxy) is 1. The van der Waals surface area contributed by atoms with Crippen LogP contribution in [0.15, 0.2) is 83.9 Å². The van der Waals surface area contributed by atoms with E-state index in [4.69, 9.17) is 4.74 Å². The molecule has 1 aliphatic heterocycles. The molecule has 1 aliphatic rings. The lowest BCUT2D eigenvalue weighted by Crippen LogP contribution is -2.36. The number of carbonyl (C=O) groups is 1. The number of aromatic amines is 1. The predicted molar refractivity (Wildman–Crippen MR) is 145 cm³/mol. The van der Waals surface area contributed by atoms with Crippen molar-refractivity contribution in [3.05, 3.63) is 89.5 Å². The lowest BCUT2D eigenvalue weighted by atomic mass is 10.1. The summed E-state index contributed by atoms with van der Waals surface area (Å²) in [4.78, 5) is 18.2. The molecule has 2 heterocycles. The van der Waals surface area contributed by atoms with E-state index in [1.165, 1.54) is 30.3 Å². The quantitative estimate of drug-likeness (QED) is 0.215. The number of phenolic OH excluding ortho intramolecular Hbond substituents is 1. The molecule has 10 heteroatoms. The van der Waals surface area contributed by atoms with Gasteiger partial charge in [0.2, 0.25) is 0 Å². The molecule has 3 aromatic carbocycles. The number of morpholine rings is 1. The number of nitrogens with one attached hydrogen (secondary N) is 3. The maximum absolute atomic E-state index is 13.4. The molecule has 9 nitrogen and oxygen atoms in total. The number of fused-ring (bicyclic) bond motifs is 1. The third-order valence-electron chi connectivity index (χ3n) is 6.04. The zero-order valence-corrected chi connectivity index (χ0v) is 20.7. The van der Waals surface area contributed by atoms with E-state index in [0.29, 0.717) is 24.5 Å². The van der Waals surface area contributed by atoms with Gasteiger partial charge in [-0.15, -0.1) is 0 Å². The van der Waals surface area contributed by atoms with Gasteiger partial charge in [-0.1, -0.05) is 18.2 Å². The lowest BCUT2D eigenvalue weighted by molar-refractivity contribution is -0.112. The number of benzene rings is 3. The van der Waals surface area contributed by atoms with Crippen LogP contribution >= 0.6 is 0 Å². The summed E-state index contributed by atoms with van der Waals surface area (Å²) in [5, 5.41) is 13.0. The van der Waals surface area contributed by atoms with Gasteiger partial charge < -0.3 is 25.0 Å². The number of nitrogens with zero attached hydrogens (tertiary/aromatic N) is 1. The van der Waals surface area contributed by atoms with Crippen LogP contribution in [-0.4, -0.2) is 50.7 Å². The average Bonchev–Trinajstić information content (AvgIpc) is 3.32. The summed E-state index contributed by atoms with van der Waals surface area (Å²) >= 11 is 0. The number of hydrogen-bond donors (Lipinski definition) is 4. The molecular weight excluding hydrogens is 492 g/mol. The Hall–Kier alpha value is -4.28. The van der Waals surface area contributed by atoms with Gasteiger partial charge in [-0.25, -0.2) is 8.42 Å². The first-order chi connectivity index (χ1) is 17.9. The van der Waals surface area contributed by atoms with Crippen molar-refractivity contribution in [2.75, 3.05) is 41.2 Å². The van der Waals surface area contributed by atoms with E-state index < -0.39 is 20.8 Å². The zero-order chi connectivity index (χ0) is 25.8. The topological polar surface area (TPSA) is 124 Å². The third-order valence-corrected chi connectivity index (χ3v) is 7.43. The van der Waals surface area contributed by atoms with Gasteiger partial charge in [0.25, 0.3) is 15.9 Å². The summed E-state index contributed by atoms with van der Waals surface area (Å²) in [5.74, 6) is -0.786. The van der Waals surface area contributed by atoms with Crippen molar-refractivity contribution in [1.29, 1.82) is 0 Å². The first-order valence-electron chi connectivity index (χ1n) is 11.7. The Balaban J connectivity index is 1.45. The Kier molecular flexibility index (Phi) is 6.85. The second kappa shape index (κ2) is 10.4. The van der Waals surface area contributed by atoms with Crippen LogP contribution in [0.1, 0.15) is 5.56 Å². The Morgan fingerprint density at radius 3 is 2.35 bits per heavy atom. The van der Waals surface area contributed by atoms with Gasteiger partial charge in [0.1, 0.15) is 5.75 Å². The van der Waals surface area contributed by atoms with Crippen molar-refractivity contribution in [2.24, 2.45) is 0 Å². The molecule has 4 N–H and O–H groups in total. The third kappa shape index (κ3) is 5.60. The molecule has 0 saturated carbocycles. The van der Waals surface area contributed by atoms with Crippen LogP contribution in [0.3, 0.4) is 0 Å². The molecule has 0 aliphatic carbocycles. The number of H-pyrrole nitrogens is 1. The van der Waals surface area contributed by atoms with Gasteiger partial charge in [-0.2, -0.15) is 0 Å². The Morgan fingerprint density at radius 1 is 0.946 bits per heavy atom. The molecule has 0 unspecified atom stereocenters. The second-order valence-electron chi connectivity index (χ2n) is 8.55. The largest absolute Gasteiger partial charge is 0.508 e. The smallest absolute Gasteiger partial charge is 0.269 e. The lowest BCUT2D eigenvalue weighted by Gasteiger charge is -2.28. The number of aromatic nitrogens is 1. The molecule has 5 rings (SSSR count). The van der Waals surface area contributed by atoms with Gasteiger partial charge in [-0.05, 0) is 60.7 Å². The molecule has 4 aromatic rings. The number of phenols is 1. The van der Waals surface area contributed by atoms with Crippen LogP contribution in [0.5, 0.6) is 5.75 Å². The summed E-state index contributed by atoms with van der Waals surface area (Å²) in [6, 6.07) is 20.2. The van der Waals surface area contributed by atoms with E-state index in [-0.39, 0.29) is 11.4 Å². The number of amides is 1. The first-order valence-corrected chi connectivity index (χ1v) is 13.2. The number of sulfonamides is 1. The molecule has 0 radical (unpaired) electrons. The number of para-hydroxylation sites is 1. The van der Waals surface area contributed by atoms with Crippen LogP contribution in [0.25, 0.3) is 17.0 Å². The number of hydrogen-bond acceptors (Lipinski definition) is 6. The van der Waals surface area contributed by atoms with Gasteiger partial charge >= 0.3 is 0 Å². The SMILES string of the molecule is O=C(Nc1ccc(N2CCOCC2)cc1)/C(=C\c1c[nH]c2ccccc12)S(=O)(=O)Nc1ccc(O)cc1. The minimum atomic E-state index is -4.30. The van der Waals surface area contributed by atoms with E-state index >= 15 is 0 Å². The Bertz CT molecular complexity index is 1540. The maximum Gasteiger partial charge on any atom is 0.269 e. The van der Waals surface area contributed by atoms with Gasteiger partial charge in [0.05, 0.1) is 13.2 Å². The van der Waals surface area contributed by atoms with Crippen molar-refractivity contribution in [3.63, 3.8) is 0 Å². The van der Waals surface area contributed by atoms with Gasteiger partial charge in [-0.3, -0.25) is 9.52 Å². The van der Waals surface area contributed by atoms with E-state index in [9.17, 15) is 18.3 Å². The molecular formula is C27H26N4O5S. The van der Waals surface area contributed by atoms with Gasteiger partial charge in [0, 0.05) is 52.8 Å². The maximum atomic E-state index is 13.4. The first kappa shape index (κ1) is 24.4. The van der Waals surface area contributed by atoms with Crippen LogP contribution in [0, 0.1) is 0 Å². The molecule has 1 amide bonds. The summed E-state index contributed by atoms with van der Waals surface area (Å²) in [6.45, 7) is 2.88. The van der Waals surface area contributed by atoms with Crippen molar-refractivity contribution < 1.29 is 23.1 Å². The highest BCUT2D eigenvalue weighted by Gasteiger charge is 2.26. The summed E-state index contributed by atoms with van der Waals surface area (Å²) < 4.78 is 34.6. The monoisotopic (exact) mass is 518 g/mol. The fourth-order valence-electron chi connectivity index (χ4n) is 4.13. The summed E-state index contributed by atoms with van der Waals surface area (Å²) in [6.07, 6.45) is 3.00. The standard InChI is InChI=1S/C27H26N4O5S/c32-23-11-7-21(8-12-23)30-37(34,35)26(17-19-18-28-25-4-2-1-3-24(19)25)27(33)29-20-5-9-22(10-6-20)31-13-15-36-16-14-31/h1-12,17-18,28,30,32H,13-16H2,(H,29,33)/b26-17+. The van der Waals surface area contributed by atoms with E-state index in [2.05, 4.69) is 19.9 Å². The number of aromatic hydroxyl groups is 1. The normalized spacial score (nSPS) is 14.5. The van der Waals surface area contributed by atoms with E-state index in [1.807, 2.05) is 36.4 Å². The van der Waals surface area contributed by atoms with Gasteiger partial charge in [0.15, 0.2) is 4.91 Å². The highest BCUT2D eigenvalue weighted by molar-refractivity contribution is 7.97. The molecule has 1 fully saturated rings. The summed E-state index contributed by atoms with van der Waals surface area (Å²) in [5.41, 5.74) is 3.05. The Morgan fingerprint density at radius 2 is 1.62 bits per heavy atom. The fraction of sp³-hybridized carbons (Fsp3) is 0.148. The molecule has 1 saturated heterocycles. The molecule has 37 heavy (non-hydrogen) atoms. The Labute approximate surface area is 214 Å². The van der Waals surface area contributed by atoms with E-state index in [0.717, 1.165) is 29.7 Å². The van der Waals surface area contributed by atoms with E-state index in [1.54, 1.807) is 18.3 Å². The number of anilines is 3. The van der Waals surface area contributed by atoms with Crippen molar-refractivity contribution in [2.45, 2.75) is 0 Å².